The quantitative estimate of drug-likeness (QED) is 0.766. The number of nitrogens with zero attached hydrogens (tertiary/aromatic N) is 1. The molecule has 114 valence electrons. The van der Waals surface area contributed by atoms with Crippen molar-refractivity contribution in [3.8, 4) is 0 Å². The highest BCUT2D eigenvalue weighted by molar-refractivity contribution is 5.84. The van der Waals surface area contributed by atoms with Crippen molar-refractivity contribution >= 4 is 17.8 Å². The largest absolute Gasteiger partial charge is 0.480 e. The number of hydrogen-bond donors (Lipinski definition) is 2. The maximum atomic E-state index is 12.0. The molecule has 1 heterocycles. The SMILES string of the molecule is CC(C)NC(=O)CCCC(=O)N1CCCC[C@@H]1C(=O)O. The van der Waals surface area contributed by atoms with Crippen molar-refractivity contribution in [2.24, 2.45) is 0 Å². The van der Waals surface area contributed by atoms with Crippen LogP contribution in [0.4, 0.5) is 0 Å². The number of piperidine rings is 1. The molecule has 0 bridgehead atoms. The van der Waals surface area contributed by atoms with Gasteiger partial charge in [-0.05, 0) is 39.5 Å². The number of hydrogen-bond acceptors (Lipinski definition) is 3. The zero-order valence-corrected chi connectivity index (χ0v) is 12.2. The number of carbonyl (C=O) groups excluding carboxylic acids is 2. The van der Waals surface area contributed by atoms with Crippen molar-refractivity contribution in [2.45, 2.75) is 64.5 Å². The molecule has 6 heteroatoms. The third-order valence-electron chi connectivity index (χ3n) is 3.35. The van der Waals surface area contributed by atoms with Gasteiger partial charge in [-0.3, -0.25) is 9.59 Å². The lowest BCUT2D eigenvalue weighted by Gasteiger charge is -2.33. The van der Waals surface area contributed by atoms with Gasteiger partial charge in [0.2, 0.25) is 11.8 Å². The second-order valence-corrected chi connectivity index (χ2v) is 5.51. The van der Waals surface area contributed by atoms with Gasteiger partial charge in [-0.2, -0.15) is 0 Å². The molecule has 1 fully saturated rings. The molecular weight excluding hydrogens is 260 g/mol. The van der Waals surface area contributed by atoms with Crippen LogP contribution in [0.15, 0.2) is 0 Å². The number of carboxylic acids is 1. The van der Waals surface area contributed by atoms with E-state index < -0.39 is 12.0 Å². The number of carboxylic acid groups (broad SMARTS) is 1. The highest BCUT2D eigenvalue weighted by Gasteiger charge is 2.31. The van der Waals surface area contributed by atoms with E-state index >= 15 is 0 Å². The van der Waals surface area contributed by atoms with Gasteiger partial charge in [0.15, 0.2) is 0 Å². The summed E-state index contributed by atoms with van der Waals surface area (Å²) in [7, 11) is 0. The van der Waals surface area contributed by atoms with E-state index in [0.29, 0.717) is 25.8 Å². The first kappa shape index (κ1) is 16.5. The highest BCUT2D eigenvalue weighted by atomic mass is 16.4. The van der Waals surface area contributed by atoms with Gasteiger partial charge in [0.1, 0.15) is 6.04 Å². The van der Waals surface area contributed by atoms with E-state index in [1.54, 1.807) is 0 Å². The third kappa shape index (κ3) is 5.19. The molecule has 0 aliphatic carbocycles. The fraction of sp³-hybridized carbons (Fsp3) is 0.786. The Morgan fingerprint density at radius 2 is 1.95 bits per heavy atom. The Morgan fingerprint density at radius 1 is 1.25 bits per heavy atom. The zero-order valence-electron chi connectivity index (χ0n) is 12.2. The van der Waals surface area contributed by atoms with Gasteiger partial charge in [0.25, 0.3) is 0 Å². The predicted octanol–water partition coefficient (Wildman–Crippen LogP) is 1.15. The lowest BCUT2D eigenvalue weighted by atomic mass is 10.0. The van der Waals surface area contributed by atoms with Gasteiger partial charge in [-0.15, -0.1) is 0 Å². The van der Waals surface area contributed by atoms with E-state index in [2.05, 4.69) is 5.32 Å². The molecule has 0 aromatic rings. The van der Waals surface area contributed by atoms with Crippen molar-refractivity contribution < 1.29 is 19.5 Å². The Hall–Kier alpha value is -1.59. The van der Waals surface area contributed by atoms with Crippen LogP contribution < -0.4 is 5.32 Å². The topological polar surface area (TPSA) is 86.7 Å². The van der Waals surface area contributed by atoms with E-state index in [1.807, 2.05) is 13.8 Å². The maximum absolute atomic E-state index is 12.0. The average molecular weight is 284 g/mol. The van der Waals surface area contributed by atoms with Gasteiger partial charge >= 0.3 is 5.97 Å². The summed E-state index contributed by atoms with van der Waals surface area (Å²) < 4.78 is 0. The summed E-state index contributed by atoms with van der Waals surface area (Å²) in [5.41, 5.74) is 0. The minimum Gasteiger partial charge on any atom is -0.480 e. The molecule has 1 atom stereocenters. The van der Waals surface area contributed by atoms with E-state index in [0.717, 1.165) is 12.8 Å². The standard InChI is InChI=1S/C14H24N2O4/c1-10(2)15-12(17)7-5-8-13(18)16-9-4-3-6-11(16)14(19)20/h10-11H,3-9H2,1-2H3,(H,15,17)(H,19,20)/t11-/m1/s1. The Morgan fingerprint density at radius 3 is 2.55 bits per heavy atom. The molecule has 1 rings (SSSR count). The second kappa shape index (κ2) is 7.87. The number of amides is 2. The Bertz CT molecular complexity index is 368. The molecule has 1 aliphatic heterocycles. The minimum absolute atomic E-state index is 0.0683. The first-order chi connectivity index (χ1) is 9.41. The van der Waals surface area contributed by atoms with Crippen molar-refractivity contribution in [1.29, 1.82) is 0 Å². The van der Waals surface area contributed by atoms with E-state index in [9.17, 15) is 14.4 Å². The number of nitrogens with one attached hydrogen (secondary N) is 1. The number of aliphatic carboxylic acids is 1. The number of likely N-dealkylation sites (tertiary alicyclic amines) is 1. The van der Waals surface area contributed by atoms with Gasteiger partial charge in [-0.1, -0.05) is 0 Å². The summed E-state index contributed by atoms with van der Waals surface area (Å²) in [6.07, 6.45) is 3.21. The molecule has 6 nitrogen and oxygen atoms in total. The molecule has 0 radical (unpaired) electrons. The van der Waals surface area contributed by atoms with Crippen molar-refractivity contribution in [3.05, 3.63) is 0 Å². The summed E-state index contributed by atoms with van der Waals surface area (Å²) in [5.74, 6) is -1.16. The lowest BCUT2D eigenvalue weighted by Crippen LogP contribution is -2.47. The number of rotatable bonds is 6. The van der Waals surface area contributed by atoms with Crippen LogP contribution in [-0.2, 0) is 14.4 Å². The van der Waals surface area contributed by atoms with E-state index in [1.165, 1.54) is 4.90 Å². The fourth-order valence-corrected chi connectivity index (χ4v) is 2.42. The van der Waals surface area contributed by atoms with Crippen LogP contribution in [0.25, 0.3) is 0 Å². The predicted molar refractivity (Wildman–Crippen MR) is 74.1 cm³/mol. The third-order valence-corrected chi connectivity index (χ3v) is 3.35. The summed E-state index contributed by atoms with van der Waals surface area (Å²) in [5, 5.41) is 11.9. The molecule has 0 spiro atoms. The van der Waals surface area contributed by atoms with Gasteiger partial charge in [0, 0.05) is 25.4 Å². The molecule has 2 amide bonds. The van der Waals surface area contributed by atoms with Crippen LogP contribution in [0.2, 0.25) is 0 Å². The smallest absolute Gasteiger partial charge is 0.326 e. The molecule has 20 heavy (non-hydrogen) atoms. The van der Waals surface area contributed by atoms with Crippen LogP contribution >= 0.6 is 0 Å². The molecule has 1 aliphatic rings. The van der Waals surface area contributed by atoms with Crippen molar-refractivity contribution in [2.75, 3.05) is 6.54 Å². The molecular formula is C14H24N2O4. The second-order valence-electron chi connectivity index (χ2n) is 5.51. The number of carbonyl (C=O) groups is 3. The van der Waals surface area contributed by atoms with E-state index in [4.69, 9.17) is 5.11 Å². The van der Waals surface area contributed by atoms with Crippen LogP contribution in [0.5, 0.6) is 0 Å². The molecule has 0 unspecified atom stereocenters. The van der Waals surface area contributed by atoms with Gasteiger partial charge < -0.3 is 15.3 Å². The average Bonchev–Trinajstić information content (AvgIpc) is 2.37. The Balaban J connectivity index is 2.37. The summed E-state index contributed by atoms with van der Waals surface area (Å²) in [4.78, 5) is 36.1. The lowest BCUT2D eigenvalue weighted by molar-refractivity contribution is -0.152. The van der Waals surface area contributed by atoms with Crippen molar-refractivity contribution in [1.82, 2.24) is 10.2 Å². The summed E-state index contributed by atoms with van der Waals surface area (Å²) in [6.45, 7) is 4.27. The Kier molecular flexibility index (Phi) is 6.48. The highest BCUT2D eigenvalue weighted by Crippen LogP contribution is 2.18. The molecule has 0 aromatic heterocycles. The summed E-state index contributed by atoms with van der Waals surface area (Å²) in [6, 6.07) is -0.600. The van der Waals surface area contributed by atoms with Gasteiger partial charge in [0.05, 0.1) is 0 Å². The molecule has 0 saturated carbocycles. The first-order valence-electron chi connectivity index (χ1n) is 7.23. The van der Waals surface area contributed by atoms with Crippen LogP contribution in [0.1, 0.15) is 52.4 Å². The Labute approximate surface area is 119 Å². The molecule has 0 aromatic carbocycles. The van der Waals surface area contributed by atoms with Crippen LogP contribution in [-0.4, -0.2) is 46.4 Å². The van der Waals surface area contributed by atoms with Crippen LogP contribution in [0, 0.1) is 0 Å². The normalized spacial score (nSPS) is 18.9. The molecule has 2 N–H and O–H groups in total. The van der Waals surface area contributed by atoms with Gasteiger partial charge in [-0.25, -0.2) is 4.79 Å². The monoisotopic (exact) mass is 284 g/mol. The maximum Gasteiger partial charge on any atom is 0.326 e. The zero-order chi connectivity index (χ0) is 15.1. The van der Waals surface area contributed by atoms with Crippen LogP contribution in [0.3, 0.4) is 0 Å². The summed E-state index contributed by atoms with van der Waals surface area (Å²) >= 11 is 0. The molecule has 1 saturated heterocycles. The first-order valence-corrected chi connectivity index (χ1v) is 7.23. The van der Waals surface area contributed by atoms with Crippen molar-refractivity contribution in [3.63, 3.8) is 0 Å². The minimum atomic E-state index is -0.935. The van der Waals surface area contributed by atoms with E-state index in [-0.39, 0.29) is 24.3 Å². The fourth-order valence-electron chi connectivity index (χ4n) is 2.42.